The highest BCUT2D eigenvalue weighted by atomic mass is 32.2. The molecule has 0 bridgehead atoms. The summed E-state index contributed by atoms with van der Waals surface area (Å²) in [5, 5.41) is 8.92. The Morgan fingerprint density at radius 1 is 1.10 bits per heavy atom. The van der Waals surface area contributed by atoms with Crippen LogP contribution < -0.4 is 4.74 Å². The number of rotatable bonds is 5. The van der Waals surface area contributed by atoms with Crippen LogP contribution >= 0.6 is 0 Å². The maximum absolute atomic E-state index is 12.4. The molecule has 5 nitrogen and oxygen atoms in total. The van der Waals surface area contributed by atoms with E-state index in [0.29, 0.717) is 9.79 Å². The van der Waals surface area contributed by atoms with Gasteiger partial charge < -0.3 is 9.84 Å². The predicted molar refractivity (Wildman–Crippen MR) is 71.2 cm³/mol. The minimum absolute atomic E-state index is 0.0659. The largest absolute Gasteiger partial charge is 0.478 e. The fraction of sp³-hybridized carbons (Fsp3) is 0. The lowest BCUT2D eigenvalue weighted by molar-refractivity contribution is -0.120. The number of carbonyl (C=O) groups excluding carboxylic acids is 1. The van der Waals surface area contributed by atoms with Gasteiger partial charge in [0.15, 0.2) is 0 Å². The molecular weight excluding hydrogens is 280 g/mol. The summed E-state index contributed by atoms with van der Waals surface area (Å²) < 4.78 is 17.0. The lowest BCUT2D eigenvalue weighted by Crippen LogP contribution is -1.99. The third-order valence-electron chi connectivity index (χ3n) is 2.50. The quantitative estimate of drug-likeness (QED) is 0.853. The SMILES string of the molecule is O=COc1cccc(S(=O)c2cccc(C(=O)O)c2)c1. The molecule has 1 N–H and O–H groups in total. The number of aromatic carboxylic acids is 1. The minimum atomic E-state index is -1.55. The van der Waals surface area contributed by atoms with Crippen molar-refractivity contribution in [3.63, 3.8) is 0 Å². The number of ether oxygens (including phenoxy) is 1. The van der Waals surface area contributed by atoms with E-state index in [0.717, 1.165) is 0 Å². The van der Waals surface area contributed by atoms with E-state index in [1.165, 1.54) is 24.3 Å². The van der Waals surface area contributed by atoms with Crippen molar-refractivity contribution < 1.29 is 23.6 Å². The van der Waals surface area contributed by atoms with Crippen molar-refractivity contribution in [3.05, 3.63) is 54.1 Å². The van der Waals surface area contributed by atoms with Crippen LogP contribution in [0.4, 0.5) is 0 Å². The Hall–Kier alpha value is -2.47. The Labute approximate surface area is 117 Å². The Kier molecular flexibility index (Phi) is 4.27. The monoisotopic (exact) mass is 290 g/mol. The highest BCUT2D eigenvalue weighted by Crippen LogP contribution is 2.21. The molecule has 1 unspecified atom stereocenters. The Morgan fingerprint density at radius 3 is 2.40 bits per heavy atom. The molecule has 0 aliphatic heterocycles. The van der Waals surface area contributed by atoms with Crippen molar-refractivity contribution in [1.29, 1.82) is 0 Å². The first-order valence-corrected chi connectivity index (χ1v) is 6.72. The molecule has 0 aliphatic carbocycles. The van der Waals surface area contributed by atoms with Crippen molar-refractivity contribution in [2.75, 3.05) is 0 Å². The zero-order chi connectivity index (χ0) is 14.5. The summed E-state index contributed by atoms with van der Waals surface area (Å²) >= 11 is 0. The van der Waals surface area contributed by atoms with Gasteiger partial charge in [-0.1, -0.05) is 12.1 Å². The number of carbonyl (C=O) groups is 2. The van der Waals surface area contributed by atoms with Crippen LogP contribution in [-0.2, 0) is 15.6 Å². The molecule has 1 atom stereocenters. The van der Waals surface area contributed by atoms with Gasteiger partial charge >= 0.3 is 5.97 Å². The van der Waals surface area contributed by atoms with Gasteiger partial charge in [0.25, 0.3) is 6.47 Å². The van der Waals surface area contributed by atoms with E-state index >= 15 is 0 Å². The fourth-order valence-corrected chi connectivity index (χ4v) is 2.73. The Balaban J connectivity index is 2.35. The first-order valence-electron chi connectivity index (χ1n) is 5.57. The van der Waals surface area contributed by atoms with Gasteiger partial charge in [0.2, 0.25) is 0 Å². The third-order valence-corrected chi connectivity index (χ3v) is 3.86. The van der Waals surface area contributed by atoms with Gasteiger partial charge in [-0.15, -0.1) is 0 Å². The molecule has 0 spiro atoms. The molecule has 0 fully saturated rings. The van der Waals surface area contributed by atoms with Crippen LogP contribution in [0.1, 0.15) is 10.4 Å². The summed E-state index contributed by atoms with van der Waals surface area (Å²) in [7, 11) is -1.55. The zero-order valence-corrected chi connectivity index (χ0v) is 11.0. The van der Waals surface area contributed by atoms with E-state index in [9.17, 15) is 13.8 Å². The molecule has 2 aromatic rings. The molecule has 102 valence electrons. The minimum Gasteiger partial charge on any atom is -0.478 e. The van der Waals surface area contributed by atoms with Crippen LogP contribution in [0.3, 0.4) is 0 Å². The maximum atomic E-state index is 12.4. The highest BCUT2D eigenvalue weighted by Gasteiger charge is 2.11. The van der Waals surface area contributed by atoms with Crippen molar-refractivity contribution in [1.82, 2.24) is 0 Å². The molecule has 2 rings (SSSR count). The van der Waals surface area contributed by atoms with Gasteiger partial charge in [-0.25, -0.2) is 9.00 Å². The number of hydrogen-bond acceptors (Lipinski definition) is 4. The molecule has 0 heterocycles. The van der Waals surface area contributed by atoms with Crippen LogP contribution in [0.25, 0.3) is 0 Å². The molecular formula is C14H10O5S. The number of hydrogen-bond donors (Lipinski definition) is 1. The van der Waals surface area contributed by atoms with Crippen LogP contribution in [0.15, 0.2) is 58.3 Å². The molecule has 2 aromatic carbocycles. The Morgan fingerprint density at radius 2 is 1.75 bits per heavy atom. The average molecular weight is 290 g/mol. The van der Waals surface area contributed by atoms with Gasteiger partial charge in [-0.05, 0) is 36.4 Å². The summed E-state index contributed by atoms with van der Waals surface area (Å²) in [5.41, 5.74) is 0.0659. The van der Waals surface area contributed by atoms with E-state index < -0.39 is 16.8 Å². The second kappa shape index (κ2) is 6.12. The van der Waals surface area contributed by atoms with Crippen molar-refractivity contribution in [3.8, 4) is 5.75 Å². The van der Waals surface area contributed by atoms with E-state index in [2.05, 4.69) is 4.74 Å². The molecule has 0 saturated carbocycles. The molecule has 0 amide bonds. The summed E-state index contributed by atoms with van der Waals surface area (Å²) in [6.45, 7) is 0.285. The summed E-state index contributed by atoms with van der Waals surface area (Å²) in [5.74, 6) is -0.804. The smallest absolute Gasteiger partial charge is 0.335 e. The van der Waals surface area contributed by atoms with Gasteiger partial charge in [0, 0.05) is 9.79 Å². The van der Waals surface area contributed by atoms with Gasteiger partial charge in [0.1, 0.15) is 5.75 Å². The molecule has 0 saturated heterocycles. The second-order valence-electron chi connectivity index (χ2n) is 3.79. The van der Waals surface area contributed by atoms with E-state index in [4.69, 9.17) is 5.11 Å². The molecule has 0 radical (unpaired) electrons. The number of benzene rings is 2. The molecule has 0 aromatic heterocycles. The van der Waals surface area contributed by atoms with Gasteiger partial charge in [-0.2, -0.15) is 0 Å². The second-order valence-corrected chi connectivity index (χ2v) is 5.27. The van der Waals surface area contributed by atoms with Crippen molar-refractivity contribution in [2.45, 2.75) is 9.79 Å². The van der Waals surface area contributed by atoms with Crippen LogP contribution in [0, 0.1) is 0 Å². The van der Waals surface area contributed by atoms with Crippen LogP contribution in [0.2, 0.25) is 0 Å². The summed E-state index contributed by atoms with van der Waals surface area (Å²) in [6, 6.07) is 12.1. The van der Waals surface area contributed by atoms with E-state index in [-0.39, 0.29) is 17.8 Å². The van der Waals surface area contributed by atoms with Gasteiger partial charge in [0.05, 0.1) is 16.4 Å². The van der Waals surface area contributed by atoms with Crippen molar-refractivity contribution in [2.24, 2.45) is 0 Å². The average Bonchev–Trinajstić information content (AvgIpc) is 2.47. The third kappa shape index (κ3) is 3.10. The van der Waals surface area contributed by atoms with E-state index in [1.807, 2.05) is 0 Å². The van der Waals surface area contributed by atoms with Crippen LogP contribution in [-0.4, -0.2) is 21.8 Å². The molecule has 6 heteroatoms. The first kappa shape index (κ1) is 14.0. The summed E-state index contributed by atoms with van der Waals surface area (Å²) in [6.07, 6.45) is 0. The zero-order valence-electron chi connectivity index (χ0n) is 10.2. The van der Waals surface area contributed by atoms with Crippen molar-refractivity contribution >= 4 is 23.2 Å². The Bertz CT molecular complexity index is 681. The number of carboxylic acid groups (broad SMARTS) is 1. The lowest BCUT2D eigenvalue weighted by atomic mass is 10.2. The van der Waals surface area contributed by atoms with Gasteiger partial charge in [-0.3, -0.25) is 4.79 Å². The van der Waals surface area contributed by atoms with Crippen LogP contribution in [0.5, 0.6) is 5.75 Å². The molecule has 0 aliphatic rings. The highest BCUT2D eigenvalue weighted by molar-refractivity contribution is 7.85. The lowest BCUT2D eigenvalue weighted by Gasteiger charge is -2.05. The topological polar surface area (TPSA) is 80.7 Å². The normalized spacial score (nSPS) is 11.6. The fourth-order valence-electron chi connectivity index (χ4n) is 1.60. The maximum Gasteiger partial charge on any atom is 0.335 e. The standard InChI is InChI=1S/C14H10O5S/c15-9-19-11-4-2-6-13(8-11)20(18)12-5-1-3-10(7-12)14(16)17/h1-9H,(H,16,17). The van der Waals surface area contributed by atoms with E-state index in [1.54, 1.807) is 24.3 Å². The first-order chi connectivity index (χ1) is 9.61. The predicted octanol–water partition coefficient (Wildman–Crippen LogP) is 2.09. The number of carboxylic acids is 1. The molecule has 20 heavy (non-hydrogen) atoms. The summed E-state index contributed by atoms with van der Waals surface area (Å²) in [4.78, 5) is 22.0.